The van der Waals surface area contributed by atoms with Crippen molar-refractivity contribution in [3.8, 4) is 5.75 Å². The standard InChI is InChI=1S/C16H17F2NO/c1-2-15(19)16(11-3-5-12(17)6-4-11)20-14-9-7-13(18)8-10-14/h3-10,15-16H,2,19H2,1H3. The summed E-state index contributed by atoms with van der Waals surface area (Å²) in [7, 11) is 0. The second-order valence-electron chi connectivity index (χ2n) is 4.62. The Morgan fingerprint density at radius 3 is 1.95 bits per heavy atom. The van der Waals surface area contributed by atoms with Crippen LogP contribution in [0.3, 0.4) is 0 Å². The summed E-state index contributed by atoms with van der Waals surface area (Å²) >= 11 is 0. The van der Waals surface area contributed by atoms with Gasteiger partial charge in [-0.2, -0.15) is 0 Å². The van der Waals surface area contributed by atoms with E-state index < -0.39 is 6.10 Å². The summed E-state index contributed by atoms with van der Waals surface area (Å²) in [5.74, 6) is -0.0977. The minimum atomic E-state index is -0.397. The van der Waals surface area contributed by atoms with Gasteiger partial charge in [0.15, 0.2) is 0 Å². The van der Waals surface area contributed by atoms with Crippen LogP contribution < -0.4 is 10.5 Å². The molecule has 0 aliphatic carbocycles. The molecule has 0 radical (unpaired) electrons. The van der Waals surface area contributed by atoms with E-state index in [0.717, 1.165) is 5.56 Å². The Morgan fingerprint density at radius 2 is 1.45 bits per heavy atom. The van der Waals surface area contributed by atoms with Crippen molar-refractivity contribution in [2.75, 3.05) is 0 Å². The second kappa shape index (κ2) is 6.48. The van der Waals surface area contributed by atoms with Crippen molar-refractivity contribution in [1.29, 1.82) is 0 Å². The van der Waals surface area contributed by atoms with E-state index in [1.54, 1.807) is 24.3 Å². The molecule has 0 aromatic heterocycles. The lowest BCUT2D eigenvalue weighted by molar-refractivity contribution is 0.171. The SMILES string of the molecule is CCC(N)C(Oc1ccc(F)cc1)c1ccc(F)cc1. The quantitative estimate of drug-likeness (QED) is 0.901. The largest absolute Gasteiger partial charge is 0.484 e. The van der Waals surface area contributed by atoms with Gasteiger partial charge in [-0.3, -0.25) is 0 Å². The molecule has 2 rings (SSSR count). The van der Waals surface area contributed by atoms with Crippen molar-refractivity contribution in [2.24, 2.45) is 5.73 Å². The predicted octanol–water partition coefficient (Wildman–Crippen LogP) is 3.82. The average Bonchev–Trinajstić information content (AvgIpc) is 2.47. The van der Waals surface area contributed by atoms with Gasteiger partial charge in [0.25, 0.3) is 0 Å². The first-order valence-corrected chi connectivity index (χ1v) is 6.53. The molecule has 2 aromatic rings. The van der Waals surface area contributed by atoms with Crippen molar-refractivity contribution in [2.45, 2.75) is 25.5 Å². The molecular weight excluding hydrogens is 260 g/mol. The van der Waals surface area contributed by atoms with Gasteiger partial charge in [-0.1, -0.05) is 19.1 Å². The predicted molar refractivity (Wildman–Crippen MR) is 74.4 cm³/mol. The maximum absolute atomic E-state index is 13.0. The van der Waals surface area contributed by atoms with E-state index in [4.69, 9.17) is 10.5 Å². The van der Waals surface area contributed by atoms with Crippen molar-refractivity contribution >= 4 is 0 Å². The topological polar surface area (TPSA) is 35.2 Å². The minimum Gasteiger partial charge on any atom is -0.484 e. The number of hydrogen-bond acceptors (Lipinski definition) is 2. The number of hydrogen-bond donors (Lipinski definition) is 1. The lowest BCUT2D eigenvalue weighted by atomic mass is 10.0. The first kappa shape index (κ1) is 14.5. The molecule has 106 valence electrons. The van der Waals surface area contributed by atoms with Crippen molar-refractivity contribution < 1.29 is 13.5 Å². The number of nitrogens with two attached hydrogens (primary N) is 1. The summed E-state index contributed by atoms with van der Waals surface area (Å²) in [4.78, 5) is 0. The van der Waals surface area contributed by atoms with E-state index in [0.29, 0.717) is 12.2 Å². The van der Waals surface area contributed by atoms with Gasteiger partial charge < -0.3 is 10.5 Å². The van der Waals surface area contributed by atoms with E-state index in [9.17, 15) is 8.78 Å². The van der Waals surface area contributed by atoms with E-state index in [1.165, 1.54) is 24.3 Å². The zero-order valence-corrected chi connectivity index (χ0v) is 11.2. The highest BCUT2D eigenvalue weighted by molar-refractivity contribution is 5.26. The number of rotatable bonds is 5. The molecule has 2 nitrogen and oxygen atoms in total. The summed E-state index contributed by atoms with van der Waals surface area (Å²) in [6.45, 7) is 1.95. The van der Waals surface area contributed by atoms with Crippen molar-refractivity contribution in [1.82, 2.24) is 0 Å². The van der Waals surface area contributed by atoms with E-state index in [1.807, 2.05) is 6.92 Å². The zero-order chi connectivity index (χ0) is 14.5. The minimum absolute atomic E-state index is 0.231. The summed E-state index contributed by atoms with van der Waals surface area (Å²) in [6.07, 6.45) is 0.314. The molecule has 0 saturated carbocycles. The Hall–Kier alpha value is -1.94. The molecule has 2 N–H and O–H groups in total. The molecule has 2 atom stereocenters. The number of halogens is 2. The van der Waals surface area contributed by atoms with Gasteiger partial charge in [0.1, 0.15) is 23.5 Å². The molecule has 0 heterocycles. The molecule has 0 fully saturated rings. The van der Waals surface area contributed by atoms with Crippen LogP contribution in [0.4, 0.5) is 8.78 Å². The third-order valence-electron chi connectivity index (χ3n) is 3.14. The van der Waals surface area contributed by atoms with Crippen LogP contribution in [0, 0.1) is 11.6 Å². The van der Waals surface area contributed by atoms with Gasteiger partial charge in [0, 0.05) is 6.04 Å². The van der Waals surface area contributed by atoms with Crippen LogP contribution in [-0.2, 0) is 0 Å². The normalized spacial score (nSPS) is 13.8. The van der Waals surface area contributed by atoms with E-state index in [2.05, 4.69) is 0 Å². The Balaban J connectivity index is 2.23. The Morgan fingerprint density at radius 1 is 0.950 bits per heavy atom. The number of ether oxygens (including phenoxy) is 1. The van der Waals surface area contributed by atoms with Gasteiger partial charge in [-0.25, -0.2) is 8.78 Å². The first-order valence-electron chi connectivity index (χ1n) is 6.53. The maximum atomic E-state index is 13.0. The third-order valence-corrected chi connectivity index (χ3v) is 3.14. The van der Waals surface area contributed by atoms with Crippen molar-refractivity contribution in [3.63, 3.8) is 0 Å². The lowest BCUT2D eigenvalue weighted by Crippen LogP contribution is -2.31. The molecule has 0 bridgehead atoms. The van der Waals surface area contributed by atoms with Gasteiger partial charge in [0.2, 0.25) is 0 Å². The van der Waals surface area contributed by atoms with Crippen LogP contribution in [0.5, 0.6) is 5.75 Å². The monoisotopic (exact) mass is 277 g/mol. The average molecular weight is 277 g/mol. The Kier molecular flexibility index (Phi) is 4.69. The highest BCUT2D eigenvalue weighted by atomic mass is 19.1. The molecule has 0 aliphatic heterocycles. The third kappa shape index (κ3) is 3.54. The molecule has 0 amide bonds. The van der Waals surface area contributed by atoms with Gasteiger partial charge in [-0.05, 0) is 48.4 Å². The first-order chi connectivity index (χ1) is 9.60. The summed E-state index contributed by atoms with van der Waals surface area (Å²) < 4.78 is 31.7. The van der Waals surface area contributed by atoms with Crippen LogP contribution >= 0.6 is 0 Å². The molecular formula is C16H17F2NO. The molecule has 2 unspecified atom stereocenters. The van der Waals surface area contributed by atoms with Gasteiger partial charge in [-0.15, -0.1) is 0 Å². The Bertz CT molecular complexity index is 539. The van der Waals surface area contributed by atoms with Crippen LogP contribution in [0.1, 0.15) is 25.0 Å². The highest BCUT2D eigenvalue weighted by Crippen LogP contribution is 2.25. The van der Waals surface area contributed by atoms with E-state index >= 15 is 0 Å². The molecule has 0 saturated heterocycles. The smallest absolute Gasteiger partial charge is 0.139 e. The van der Waals surface area contributed by atoms with Crippen LogP contribution in [-0.4, -0.2) is 6.04 Å². The van der Waals surface area contributed by atoms with Gasteiger partial charge in [0.05, 0.1) is 0 Å². The molecule has 0 spiro atoms. The van der Waals surface area contributed by atoms with Crippen LogP contribution in [0.25, 0.3) is 0 Å². The fraction of sp³-hybridized carbons (Fsp3) is 0.250. The van der Waals surface area contributed by atoms with Crippen molar-refractivity contribution in [3.05, 3.63) is 65.7 Å². The molecule has 4 heteroatoms. The molecule has 2 aromatic carbocycles. The fourth-order valence-corrected chi connectivity index (χ4v) is 1.93. The summed E-state index contributed by atoms with van der Waals surface area (Å²) in [5.41, 5.74) is 6.87. The van der Waals surface area contributed by atoms with Gasteiger partial charge >= 0.3 is 0 Å². The fourth-order valence-electron chi connectivity index (χ4n) is 1.93. The maximum Gasteiger partial charge on any atom is 0.139 e. The zero-order valence-electron chi connectivity index (χ0n) is 11.2. The Labute approximate surface area is 117 Å². The van der Waals surface area contributed by atoms with E-state index in [-0.39, 0.29) is 17.7 Å². The number of benzene rings is 2. The summed E-state index contributed by atoms with van der Waals surface area (Å²) in [5, 5.41) is 0. The molecule has 20 heavy (non-hydrogen) atoms. The van der Waals surface area contributed by atoms with Crippen LogP contribution in [0.2, 0.25) is 0 Å². The lowest BCUT2D eigenvalue weighted by Gasteiger charge is -2.24. The summed E-state index contributed by atoms with van der Waals surface area (Å²) in [6, 6.07) is 11.6. The second-order valence-corrected chi connectivity index (χ2v) is 4.62. The highest BCUT2D eigenvalue weighted by Gasteiger charge is 2.20. The van der Waals surface area contributed by atoms with Crippen LogP contribution in [0.15, 0.2) is 48.5 Å². The molecule has 0 aliphatic rings.